The van der Waals surface area contributed by atoms with E-state index in [1.165, 1.54) is 6.33 Å². The highest BCUT2D eigenvalue weighted by molar-refractivity contribution is 5.92. The van der Waals surface area contributed by atoms with Gasteiger partial charge >= 0.3 is 12.2 Å². The van der Waals surface area contributed by atoms with Crippen molar-refractivity contribution in [3.63, 3.8) is 0 Å². The molecule has 5 atom stereocenters. The summed E-state index contributed by atoms with van der Waals surface area (Å²) in [6.45, 7) is 9.60. The fourth-order valence-electron chi connectivity index (χ4n) is 6.71. The van der Waals surface area contributed by atoms with Gasteiger partial charge in [-0.05, 0) is 63.4 Å². The Labute approximate surface area is 312 Å². The van der Waals surface area contributed by atoms with Gasteiger partial charge in [0.2, 0.25) is 11.8 Å². The van der Waals surface area contributed by atoms with Gasteiger partial charge in [0.15, 0.2) is 5.96 Å². The van der Waals surface area contributed by atoms with E-state index in [0.717, 1.165) is 37.7 Å². The number of carbonyl (C=O) groups is 4. The fraction of sp³-hybridized carbons (Fsp3) is 0.632. The van der Waals surface area contributed by atoms with Crippen LogP contribution in [-0.2, 0) is 27.2 Å². The maximum absolute atomic E-state index is 14.2. The number of rotatable bonds is 18. The number of carbonyl (C=O) groups excluding carboxylic acids is 3. The van der Waals surface area contributed by atoms with E-state index in [1.807, 2.05) is 49.5 Å². The standard InChI is InChI=1S/C38H60N8O7/c1-24(2)27(16-17-41-35(39)46-36(50)51)20-32(47)29(18-25-12-8-6-9-13-25)43-34(49)31(21-28-22-40-23-42-28)44-33(48)30(19-26-14-10-7-11-15-26)45-37(52)53-38(3,4)5/h7,10-11,14-15,22-25,27,29-32,47H,6,8-9,12-13,16-21H2,1-5H3,(H,40,42)(H,43,49)(H,44,48)(H,45,52)(H,50,51)(H3,39,41,46)/t27-,29-,30-,31-,32-/m0/s1. The molecular formula is C38H60N8O7. The summed E-state index contributed by atoms with van der Waals surface area (Å²) in [5.41, 5.74) is 0.558. The molecule has 0 radical (unpaired) electrons. The quantitative estimate of drug-likeness (QED) is 0.0785. The Kier molecular flexibility index (Phi) is 17.1. The molecule has 2 aromatic rings. The van der Waals surface area contributed by atoms with Crippen molar-refractivity contribution in [2.75, 3.05) is 6.54 Å². The minimum absolute atomic E-state index is 0.00175. The van der Waals surface area contributed by atoms with Gasteiger partial charge in [-0.3, -0.25) is 20.3 Å². The van der Waals surface area contributed by atoms with Crippen LogP contribution in [-0.4, -0.2) is 86.5 Å². The number of guanidine groups is 1. The number of alkyl carbamates (subject to hydrolysis) is 1. The van der Waals surface area contributed by atoms with Crippen molar-refractivity contribution in [1.29, 1.82) is 5.41 Å². The van der Waals surface area contributed by atoms with Crippen LogP contribution in [0, 0.1) is 23.2 Å². The fourth-order valence-corrected chi connectivity index (χ4v) is 6.71. The number of aliphatic hydroxyl groups is 1. The number of aromatic amines is 1. The van der Waals surface area contributed by atoms with Crippen molar-refractivity contribution in [1.82, 2.24) is 36.6 Å². The molecule has 0 saturated heterocycles. The molecule has 1 fully saturated rings. The van der Waals surface area contributed by atoms with E-state index in [2.05, 4.69) is 31.2 Å². The first-order valence-electron chi connectivity index (χ1n) is 18.7. The van der Waals surface area contributed by atoms with E-state index in [1.54, 1.807) is 27.0 Å². The molecule has 15 heteroatoms. The topological polar surface area (TPSA) is 231 Å². The first kappa shape index (κ1) is 42.8. The van der Waals surface area contributed by atoms with Gasteiger partial charge in [-0.2, -0.15) is 0 Å². The summed E-state index contributed by atoms with van der Waals surface area (Å²) in [4.78, 5) is 59.1. The molecule has 0 unspecified atom stereocenters. The molecule has 3 rings (SSSR count). The Hall–Kier alpha value is -4.66. The molecule has 53 heavy (non-hydrogen) atoms. The number of carboxylic acid groups (broad SMARTS) is 1. The zero-order chi connectivity index (χ0) is 39.0. The minimum atomic E-state index is -1.33. The van der Waals surface area contributed by atoms with Gasteiger partial charge < -0.3 is 41.2 Å². The van der Waals surface area contributed by atoms with Crippen LogP contribution in [0.15, 0.2) is 42.9 Å². The largest absolute Gasteiger partial charge is 0.465 e. The van der Waals surface area contributed by atoms with Crippen LogP contribution in [0.2, 0.25) is 0 Å². The predicted octanol–water partition coefficient (Wildman–Crippen LogP) is 4.23. The lowest BCUT2D eigenvalue weighted by molar-refractivity contribution is -0.131. The smallest absolute Gasteiger partial charge is 0.411 e. The summed E-state index contributed by atoms with van der Waals surface area (Å²) < 4.78 is 5.45. The predicted molar refractivity (Wildman–Crippen MR) is 201 cm³/mol. The molecule has 0 aliphatic heterocycles. The van der Waals surface area contributed by atoms with Gasteiger partial charge in [0.25, 0.3) is 0 Å². The zero-order valence-electron chi connectivity index (χ0n) is 31.7. The summed E-state index contributed by atoms with van der Waals surface area (Å²) in [6.07, 6.45) is 7.19. The van der Waals surface area contributed by atoms with Crippen LogP contribution in [0.3, 0.4) is 0 Å². The number of aromatic nitrogens is 2. The van der Waals surface area contributed by atoms with Crippen molar-refractivity contribution in [3.05, 3.63) is 54.1 Å². The first-order valence-corrected chi connectivity index (χ1v) is 18.7. The number of benzene rings is 1. The molecule has 0 spiro atoms. The van der Waals surface area contributed by atoms with Crippen molar-refractivity contribution >= 4 is 30.0 Å². The lowest BCUT2D eigenvalue weighted by Crippen LogP contribution is -2.57. The monoisotopic (exact) mass is 740 g/mol. The van der Waals surface area contributed by atoms with Crippen molar-refractivity contribution < 1.29 is 34.1 Å². The third kappa shape index (κ3) is 16.3. The molecule has 1 aromatic heterocycles. The Morgan fingerprint density at radius 1 is 0.981 bits per heavy atom. The van der Waals surface area contributed by atoms with E-state index < -0.39 is 53.8 Å². The SMILES string of the molecule is CC(C)[C@@H](CCNC(=N)NC(=O)O)C[C@H](O)[C@H](CC1CCCCC1)NC(=O)[C@H](Cc1c[nH]cn1)NC(=O)[C@H](Cc1ccccc1)NC(=O)OC(C)(C)C. The number of ether oxygens (including phenoxy) is 1. The molecule has 0 bridgehead atoms. The van der Waals surface area contributed by atoms with Gasteiger partial charge in [0.05, 0.1) is 24.2 Å². The highest BCUT2D eigenvalue weighted by Crippen LogP contribution is 2.30. The van der Waals surface area contributed by atoms with Gasteiger partial charge in [-0.1, -0.05) is 76.3 Å². The maximum atomic E-state index is 14.2. The Bertz CT molecular complexity index is 1440. The Balaban J connectivity index is 1.82. The lowest BCUT2D eigenvalue weighted by atomic mass is 9.80. The third-order valence-electron chi connectivity index (χ3n) is 9.53. The van der Waals surface area contributed by atoms with E-state index in [4.69, 9.17) is 15.3 Å². The second-order valence-corrected chi connectivity index (χ2v) is 15.4. The molecule has 1 saturated carbocycles. The number of nitrogens with one attached hydrogen (secondary N) is 7. The average molecular weight is 741 g/mol. The molecular weight excluding hydrogens is 680 g/mol. The first-order chi connectivity index (χ1) is 25.1. The summed E-state index contributed by atoms with van der Waals surface area (Å²) in [5, 5.41) is 41.8. The highest BCUT2D eigenvalue weighted by atomic mass is 16.6. The molecule has 1 heterocycles. The molecule has 1 aromatic carbocycles. The lowest BCUT2D eigenvalue weighted by Gasteiger charge is -2.34. The van der Waals surface area contributed by atoms with E-state index in [-0.39, 0.29) is 30.6 Å². The number of aliphatic hydroxyl groups excluding tert-OH is 1. The molecule has 294 valence electrons. The van der Waals surface area contributed by atoms with Gasteiger partial charge in [0, 0.05) is 25.6 Å². The van der Waals surface area contributed by atoms with E-state index >= 15 is 0 Å². The number of nitrogens with zero attached hydrogens (tertiary/aromatic N) is 1. The van der Waals surface area contributed by atoms with Gasteiger partial charge in [-0.15, -0.1) is 0 Å². The van der Waals surface area contributed by atoms with Crippen molar-refractivity contribution in [3.8, 4) is 0 Å². The van der Waals surface area contributed by atoms with Crippen LogP contribution in [0.5, 0.6) is 0 Å². The number of imidazole rings is 1. The second-order valence-electron chi connectivity index (χ2n) is 15.4. The molecule has 15 nitrogen and oxygen atoms in total. The van der Waals surface area contributed by atoms with Gasteiger partial charge in [0.1, 0.15) is 17.7 Å². The zero-order valence-corrected chi connectivity index (χ0v) is 31.7. The molecule has 9 N–H and O–H groups in total. The maximum Gasteiger partial charge on any atom is 0.411 e. The molecule has 1 aliphatic carbocycles. The number of hydrogen-bond donors (Lipinski definition) is 9. The number of amides is 4. The Morgan fingerprint density at radius 3 is 2.25 bits per heavy atom. The van der Waals surface area contributed by atoms with Crippen LogP contribution < -0.4 is 26.6 Å². The summed E-state index contributed by atoms with van der Waals surface area (Å²) in [5.74, 6) is -0.899. The summed E-state index contributed by atoms with van der Waals surface area (Å²) in [7, 11) is 0. The van der Waals surface area contributed by atoms with Gasteiger partial charge in [-0.25, -0.2) is 14.6 Å². The highest BCUT2D eigenvalue weighted by Gasteiger charge is 2.33. The number of H-pyrrole nitrogens is 1. The Morgan fingerprint density at radius 2 is 1.64 bits per heavy atom. The minimum Gasteiger partial charge on any atom is -0.465 e. The number of hydrogen-bond acceptors (Lipinski definition) is 8. The van der Waals surface area contributed by atoms with Crippen LogP contribution in [0.4, 0.5) is 9.59 Å². The van der Waals surface area contributed by atoms with Crippen LogP contribution in [0.25, 0.3) is 0 Å². The van der Waals surface area contributed by atoms with Crippen LogP contribution >= 0.6 is 0 Å². The van der Waals surface area contributed by atoms with Crippen molar-refractivity contribution in [2.24, 2.45) is 17.8 Å². The summed E-state index contributed by atoms with van der Waals surface area (Å²) >= 11 is 0. The van der Waals surface area contributed by atoms with E-state index in [9.17, 15) is 24.3 Å². The molecule has 1 aliphatic rings. The normalized spacial score (nSPS) is 16.4. The van der Waals surface area contributed by atoms with Crippen molar-refractivity contribution in [2.45, 2.75) is 129 Å². The van der Waals surface area contributed by atoms with Crippen LogP contribution in [0.1, 0.15) is 97.2 Å². The second kappa shape index (κ2) is 21.1. The average Bonchev–Trinajstić information content (AvgIpc) is 3.59. The third-order valence-corrected chi connectivity index (χ3v) is 9.53. The molecule has 4 amide bonds. The summed E-state index contributed by atoms with van der Waals surface area (Å²) in [6, 6.07) is 6.48. The van der Waals surface area contributed by atoms with E-state index in [0.29, 0.717) is 37.4 Å².